The summed E-state index contributed by atoms with van der Waals surface area (Å²) in [5.41, 5.74) is -0.718. The molecule has 0 unspecified atom stereocenters. The van der Waals surface area contributed by atoms with Crippen LogP contribution in [0.1, 0.15) is 32.9 Å². The molecule has 7 heteroatoms. The summed E-state index contributed by atoms with van der Waals surface area (Å²) < 4.78 is 39.9. The minimum absolute atomic E-state index is 0.0483. The lowest BCUT2D eigenvalue weighted by Gasteiger charge is -2.08. The molecule has 0 aliphatic carbocycles. The fraction of sp³-hybridized carbons (Fsp3) is 0.538. The van der Waals surface area contributed by atoms with Crippen LogP contribution in [-0.4, -0.2) is 24.5 Å². The number of Topliss-reactive ketones (excluding diaryl/α,β-unsaturated/α-hetero) is 1. The van der Waals surface area contributed by atoms with E-state index < -0.39 is 36.7 Å². The first-order valence-corrected chi connectivity index (χ1v) is 6.03. The van der Waals surface area contributed by atoms with Crippen LogP contribution in [0.15, 0.2) is 15.9 Å². The summed E-state index contributed by atoms with van der Waals surface area (Å²) in [5.74, 6) is -1.48. The molecule has 0 atom stereocenters. The van der Waals surface area contributed by atoms with Gasteiger partial charge in [0.1, 0.15) is 5.78 Å². The molecule has 0 aromatic carbocycles. The zero-order valence-electron chi connectivity index (χ0n) is 16.2. The van der Waals surface area contributed by atoms with Crippen molar-refractivity contribution in [2.45, 2.75) is 32.6 Å². The minimum Gasteiger partial charge on any atom is -0.328 e. The number of hydrogen-bond acceptors (Lipinski definition) is 4. The zero-order valence-corrected chi connectivity index (χ0v) is 11.2. The SMILES string of the molecule is [2H]C([2H])([2H])C(=O)C([2H])([2H])CCCn1c(=O)c2c(ncn2C)n(C)c1=O. The van der Waals surface area contributed by atoms with E-state index in [2.05, 4.69) is 4.98 Å². The summed E-state index contributed by atoms with van der Waals surface area (Å²) in [6, 6.07) is 0. The quantitative estimate of drug-likeness (QED) is 0.785. The molecule has 0 radical (unpaired) electrons. The van der Waals surface area contributed by atoms with E-state index in [0.29, 0.717) is 0 Å². The molecule has 0 aliphatic heterocycles. The van der Waals surface area contributed by atoms with Crippen molar-refractivity contribution < 1.29 is 11.6 Å². The van der Waals surface area contributed by atoms with Gasteiger partial charge in [0, 0.05) is 33.9 Å². The van der Waals surface area contributed by atoms with E-state index in [-0.39, 0.29) is 24.1 Å². The van der Waals surface area contributed by atoms with Crippen LogP contribution in [0.5, 0.6) is 0 Å². The number of imidazole rings is 1. The summed E-state index contributed by atoms with van der Waals surface area (Å²) in [7, 11) is 3.07. The van der Waals surface area contributed by atoms with E-state index in [9.17, 15) is 14.4 Å². The predicted octanol–water partition coefficient (Wildman–Crippen LogP) is 0.193. The van der Waals surface area contributed by atoms with Gasteiger partial charge in [-0.1, -0.05) is 0 Å². The fourth-order valence-corrected chi connectivity index (χ4v) is 2.03. The van der Waals surface area contributed by atoms with E-state index >= 15 is 0 Å². The molecule has 0 saturated heterocycles. The maximum atomic E-state index is 12.5. The molecular formula is C13H18N4O3. The lowest BCUT2D eigenvalue weighted by Crippen LogP contribution is -2.39. The highest BCUT2D eigenvalue weighted by Crippen LogP contribution is 2.04. The normalized spacial score (nSPS) is 16.2. The van der Waals surface area contributed by atoms with Crippen molar-refractivity contribution in [3.63, 3.8) is 0 Å². The van der Waals surface area contributed by atoms with Crippen LogP contribution in [0.3, 0.4) is 0 Å². The summed E-state index contributed by atoms with van der Waals surface area (Å²) >= 11 is 0. The van der Waals surface area contributed by atoms with Crippen LogP contribution in [0.25, 0.3) is 11.2 Å². The van der Waals surface area contributed by atoms with Gasteiger partial charge in [-0.05, 0) is 19.7 Å². The second-order valence-electron chi connectivity index (χ2n) is 4.44. The van der Waals surface area contributed by atoms with Gasteiger partial charge in [0.05, 0.1) is 6.33 Å². The molecule has 7 nitrogen and oxygen atoms in total. The summed E-state index contributed by atoms with van der Waals surface area (Å²) in [6.07, 6.45) is -1.61. The number of carbonyl (C=O) groups is 1. The predicted molar refractivity (Wildman–Crippen MR) is 74.7 cm³/mol. The molecule has 0 N–H and O–H groups in total. The highest BCUT2D eigenvalue weighted by atomic mass is 16.2. The van der Waals surface area contributed by atoms with Crippen molar-refractivity contribution in [3.8, 4) is 0 Å². The first-order chi connectivity index (χ1) is 11.4. The summed E-state index contributed by atoms with van der Waals surface area (Å²) in [4.78, 5) is 40.4. The average molecular weight is 283 g/mol. The van der Waals surface area contributed by atoms with Crippen molar-refractivity contribution >= 4 is 16.9 Å². The Labute approximate surface area is 122 Å². The van der Waals surface area contributed by atoms with Crippen LogP contribution in [0.2, 0.25) is 0 Å². The van der Waals surface area contributed by atoms with Gasteiger partial charge in [0.2, 0.25) is 0 Å². The topological polar surface area (TPSA) is 78.9 Å². The monoisotopic (exact) mass is 283 g/mol. The van der Waals surface area contributed by atoms with E-state index in [1.807, 2.05) is 0 Å². The first-order valence-electron chi connectivity index (χ1n) is 8.53. The van der Waals surface area contributed by atoms with Gasteiger partial charge in [0.25, 0.3) is 5.56 Å². The summed E-state index contributed by atoms with van der Waals surface area (Å²) in [5, 5.41) is 0. The van der Waals surface area contributed by atoms with Gasteiger partial charge in [0.15, 0.2) is 11.2 Å². The number of ketones is 1. The van der Waals surface area contributed by atoms with Gasteiger partial charge >= 0.3 is 5.69 Å². The molecule has 0 aliphatic rings. The number of aryl methyl sites for hydroxylation is 2. The molecule has 0 bridgehead atoms. The molecule has 2 rings (SSSR count). The fourth-order valence-electron chi connectivity index (χ4n) is 2.03. The van der Waals surface area contributed by atoms with E-state index in [4.69, 9.17) is 6.85 Å². The maximum absolute atomic E-state index is 12.5. The molecule has 2 heterocycles. The number of carbonyl (C=O) groups excluding carboxylic acids is 1. The largest absolute Gasteiger partial charge is 0.332 e. The van der Waals surface area contributed by atoms with Gasteiger partial charge < -0.3 is 9.36 Å². The Balaban J connectivity index is 2.28. The molecule has 2 aromatic heterocycles. The third-order valence-electron chi connectivity index (χ3n) is 3.05. The number of fused-ring (bicyclic) bond motifs is 1. The van der Waals surface area contributed by atoms with Gasteiger partial charge in [-0.25, -0.2) is 9.78 Å². The molecule has 0 spiro atoms. The van der Waals surface area contributed by atoms with Crippen LogP contribution in [0, 0.1) is 0 Å². The molecule has 0 amide bonds. The second kappa shape index (κ2) is 5.44. The Hall–Kier alpha value is -2.18. The lowest BCUT2D eigenvalue weighted by molar-refractivity contribution is -0.117. The van der Waals surface area contributed by atoms with Gasteiger partial charge in [-0.2, -0.15) is 0 Å². The van der Waals surface area contributed by atoms with Gasteiger partial charge in [-0.3, -0.25) is 13.9 Å². The van der Waals surface area contributed by atoms with E-state index in [1.54, 1.807) is 7.05 Å². The number of hydrogen-bond donors (Lipinski definition) is 0. The van der Waals surface area contributed by atoms with E-state index in [0.717, 1.165) is 4.57 Å². The van der Waals surface area contributed by atoms with Crippen molar-refractivity contribution in [2.24, 2.45) is 14.1 Å². The molecule has 0 saturated carbocycles. The Kier molecular flexibility index (Phi) is 2.42. The van der Waals surface area contributed by atoms with Crippen LogP contribution >= 0.6 is 0 Å². The van der Waals surface area contributed by atoms with Crippen LogP contribution in [0.4, 0.5) is 0 Å². The second-order valence-corrected chi connectivity index (χ2v) is 4.44. The Morgan fingerprint density at radius 1 is 1.40 bits per heavy atom. The van der Waals surface area contributed by atoms with Crippen molar-refractivity contribution in [3.05, 3.63) is 27.2 Å². The Bertz CT molecular complexity index is 938. The van der Waals surface area contributed by atoms with Crippen LogP contribution in [-0.2, 0) is 25.4 Å². The molecule has 2 aromatic rings. The van der Waals surface area contributed by atoms with Gasteiger partial charge in [-0.15, -0.1) is 0 Å². The number of nitrogens with zero attached hydrogens (tertiary/aromatic N) is 4. The first kappa shape index (κ1) is 8.89. The Morgan fingerprint density at radius 2 is 2.15 bits per heavy atom. The number of rotatable bonds is 5. The minimum atomic E-state index is -3.04. The highest BCUT2D eigenvalue weighted by Gasteiger charge is 2.14. The summed E-state index contributed by atoms with van der Waals surface area (Å²) in [6.45, 7) is -3.18. The van der Waals surface area contributed by atoms with Crippen molar-refractivity contribution in [2.75, 3.05) is 0 Å². The standard InChI is InChI=1S/C13H18N4O3/c1-9(18)6-4-5-7-17-12(19)10-11(14-8-15(10)2)16(3)13(17)20/h8H,4-7H2,1-3H3/i1D3,6D2. The third kappa shape index (κ3) is 2.43. The lowest BCUT2D eigenvalue weighted by atomic mass is 10.2. The van der Waals surface area contributed by atoms with Crippen LogP contribution < -0.4 is 11.2 Å². The molecular weight excluding hydrogens is 260 g/mol. The molecule has 20 heavy (non-hydrogen) atoms. The smallest absolute Gasteiger partial charge is 0.328 e. The molecule has 108 valence electrons. The highest BCUT2D eigenvalue weighted by molar-refractivity contribution is 5.75. The third-order valence-corrected chi connectivity index (χ3v) is 3.05. The maximum Gasteiger partial charge on any atom is 0.332 e. The average Bonchev–Trinajstić information content (AvgIpc) is 2.88. The molecule has 0 fully saturated rings. The Morgan fingerprint density at radius 3 is 2.85 bits per heavy atom. The van der Waals surface area contributed by atoms with E-state index in [1.165, 1.54) is 22.5 Å². The number of aromatic nitrogens is 4. The zero-order chi connectivity index (χ0) is 19.2. The van der Waals surface area contributed by atoms with Crippen molar-refractivity contribution in [1.82, 2.24) is 18.7 Å². The van der Waals surface area contributed by atoms with Crippen molar-refractivity contribution in [1.29, 1.82) is 0 Å².